The molecular weight excluding hydrogens is 540 g/mol. The van der Waals surface area contributed by atoms with Crippen LogP contribution in [0.1, 0.15) is 25.3 Å². The zero-order chi connectivity index (χ0) is 22.3. The molecule has 0 aromatic heterocycles. The Labute approximate surface area is 203 Å². The minimum absolute atomic E-state index is 0. The van der Waals surface area contributed by atoms with E-state index >= 15 is 0 Å². The molecule has 1 aromatic carbocycles. The molecule has 2 aliphatic rings. The second-order valence-electron chi connectivity index (χ2n) is 7.54. The summed E-state index contributed by atoms with van der Waals surface area (Å²) in [5.41, 5.74) is 0.752. The van der Waals surface area contributed by atoms with Crippen LogP contribution in [0.3, 0.4) is 0 Å². The normalized spacial score (nSPS) is 19.5. The van der Waals surface area contributed by atoms with Crippen molar-refractivity contribution in [1.82, 2.24) is 15.1 Å². The number of hydrogen-bond donors (Lipinski definition) is 1. The lowest BCUT2D eigenvalue weighted by Gasteiger charge is -2.37. The molecular formula is C21H30F3IN4O3. The number of amides is 1. The van der Waals surface area contributed by atoms with Gasteiger partial charge in [0.25, 0.3) is 5.91 Å². The second kappa shape index (κ2) is 12.5. The summed E-state index contributed by atoms with van der Waals surface area (Å²) in [6, 6.07) is 6.51. The SMILES string of the molecule is CCNC(=NCc1cccc(OCC(F)(F)F)c1)N1CCN(C(=O)C2CCCO2)CC1.I. The zero-order valence-electron chi connectivity index (χ0n) is 18.1. The first kappa shape index (κ1) is 26.5. The van der Waals surface area contributed by atoms with Crippen molar-refractivity contribution in [2.45, 2.75) is 38.6 Å². The molecule has 32 heavy (non-hydrogen) atoms. The molecule has 3 rings (SSSR count). The molecule has 1 N–H and O–H groups in total. The van der Waals surface area contributed by atoms with Crippen molar-refractivity contribution in [3.8, 4) is 5.75 Å². The predicted octanol–water partition coefficient (Wildman–Crippen LogP) is 3.03. The summed E-state index contributed by atoms with van der Waals surface area (Å²) in [5.74, 6) is 0.944. The summed E-state index contributed by atoms with van der Waals surface area (Å²) in [6.45, 7) is 4.79. The summed E-state index contributed by atoms with van der Waals surface area (Å²) in [4.78, 5) is 21.1. The van der Waals surface area contributed by atoms with Crippen LogP contribution in [0.15, 0.2) is 29.3 Å². The Hall–Kier alpha value is -1.76. The van der Waals surface area contributed by atoms with Crippen LogP contribution in [-0.4, -0.2) is 79.9 Å². The maximum Gasteiger partial charge on any atom is 0.422 e. The largest absolute Gasteiger partial charge is 0.484 e. The molecule has 11 heteroatoms. The average Bonchev–Trinajstić information content (AvgIpc) is 3.30. The lowest BCUT2D eigenvalue weighted by atomic mass is 10.2. The number of rotatable bonds is 6. The van der Waals surface area contributed by atoms with Crippen LogP contribution in [0.2, 0.25) is 0 Å². The number of nitrogens with one attached hydrogen (secondary N) is 1. The molecule has 0 bridgehead atoms. The summed E-state index contributed by atoms with van der Waals surface area (Å²) >= 11 is 0. The van der Waals surface area contributed by atoms with E-state index in [9.17, 15) is 18.0 Å². The Kier molecular flexibility index (Phi) is 10.3. The Balaban J connectivity index is 0.00000363. The van der Waals surface area contributed by atoms with Crippen LogP contribution < -0.4 is 10.1 Å². The van der Waals surface area contributed by atoms with E-state index in [2.05, 4.69) is 15.2 Å². The monoisotopic (exact) mass is 570 g/mol. The number of alkyl halides is 3. The highest BCUT2D eigenvalue weighted by molar-refractivity contribution is 14.0. The summed E-state index contributed by atoms with van der Waals surface area (Å²) in [5, 5.41) is 3.25. The predicted molar refractivity (Wildman–Crippen MR) is 125 cm³/mol. The van der Waals surface area contributed by atoms with Crippen LogP contribution in [-0.2, 0) is 16.1 Å². The quantitative estimate of drug-likeness (QED) is 0.324. The van der Waals surface area contributed by atoms with Crippen LogP contribution in [0, 0.1) is 0 Å². The van der Waals surface area contributed by atoms with Gasteiger partial charge in [-0.05, 0) is 37.5 Å². The summed E-state index contributed by atoms with van der Waals surface area (Å²) < 4.78 is 47.4. The van der Waals surface area contributed by atoms with Gasteiger partial charge >= 0.3 is 6.18 Å². The van der Waals surface area contributed by atoms with Gasteiger partial charge < -0.3 is 24.6 Å². The van der Waals surface area contributed by atoms with E-state index in [1.54, 1.807) is 18.2 Å². The van der Waals surface area contributed by atoms with Crippen molar-refractivity contribution >= 4 is 35.8 Å². The van der Waals surface area contributed by atoms with Gasteiger partial charge in [-0.1, -0.05) is 12.1 Å². The lowest BCUT2D eigenvalue weighted by Crippen LogP contribution is -2.55. The van der Waals surface area contributed by atoms with Gasteiger partial charge in [0.15, 0.2) is 12.6 Å². The van der Waals surface area contributed by atoms with E-state index in [1.165, 1.54) is 6.07 Å². The van der Waals surface area contributed by atoms with Crippen molar-refractivity contribution in [2.24, 2.45) is 4.99 Å². The lowest BCUT2D eigenvalue weighted by molar-refractivity contribution is -0.153. The highest BCUT2D eigenvalue weighted by Crippen LogP contribution is 2.20. The molecule has 7 nitrogen and oxygen atoms in total. The molecule has 0 saturated carbocycles. The molecule has 1 amide bonds. The highest BCUT2D eigenvalue weighted by Gasteiger charge is 2.31. The number of hydrogen-bond acceptors (Lipinski definition) is 4. The van der Waals surface area contributed by atoms with Crippen LogP contribution in [0.25, 0.3) is 0 Å². The van der Waals surface area contributed by atoms with Crippen molar-refractivity contribution in [2.75, 3.05) is 45.9 Å². The van der Waals surface area contributed by atoms with Gasteiger partial charge in [0.05, 0.1) is 6.54 Å². The number of piperazine rings is 1. The standard InChI is InChI=1S/C21H29F3N4O3.HI/c1-2-25-20(26-14-16-5-3-6-17(13-16)31-15-21(22,23)24)28-10-8-27(9-11-28)19(29)18-7-4-12-30-18;/h3,5-6,13,18H,2,4,7-12,14-15H2,1H3,(H,25,26);1H. The Morgan fingerprint density at radius 1 is 1.25 bits per heavy atom. The van der Waals surface area contributed by atoms with E-state index in [-0.39, 0.29) is 41.7 Å². The number of guanidine groups is 1. The van der Waals surface area contributed by atoms with Gasteiger partial charge in [-0.2, -0.15) is 13.2 Å². The number of nitrogens with zero attached hydrogens (tertiary/aromatic N) is 3. The van der Waals surface area contributed by atoms with E-state index in [4.69, 9.17) is 9.47 Å². The molecule has 2 fully saturated rings. The first-order valence-corrected chi connectivity index (χ1v) is 10.6. The third kappa shape index (κ3) is 7.98. The molecule has 2 heterocycles. The topological polar surface area (TPSA) is 66.4 Å². The zero-order valence-corrected chi connectivity index (χ0v) is 20.4. The van der Waals surface area contributed by atoms with Crippen LogP contribution in [0.4, 0.5) is 13.2 Å². The number of aliphatic imine (C=N–C) groups is 1. The highest BCUT2D eigenvalue weighted by atomic mass is 127. The van der Waals surface area contributed by atoms with E-state index in [1.807, 2.05) is 11.8 Å². The van der Waals surface area contributed by atoms with Gasteiger partial charge in [0.2, 0.25) is 0 Å². The van der Waals surface area contributed by atoms with Gasteiger partial charge in [-0.25, -0.2) is 4.99 Å². The van der Waals surface area contributed by atoms with Gasteiger partial charge in [-0.3, -0.25) is 4.79 Å². The van der Waals surface area contributed by atoms with Crippen molar-refractivity contribution < 1.29 is 27.4 Å². The Bertz CT molecular complexity index is 765. The molecule has 2 saturated heterocycles. The Morgan fingerprint density at radius 2 is 1.97 bits per heavy atom. The second-order valence-corrected chi connectivity index (χ2v) is 7.54. The first-order valence-electron chi connectivity index (χ1n) is 10.6. The van der Waals surface area contributed by atoms with Gasteiger partial charge in [0, 0.05) is 39.3 Å². The molecule has 1 atom stereocenters. The van der Waals surface area contributed by atoms with E-state index in [0.717, 1.165) is 18.4 Å². The molecule has 180 valence electrons. The summed E-state index contributed by atoms with van der Waals surface area (Å²) in [7, 11) is 0. The molecule has 0 aliphatic carbocycles. The number of carbonyl (C=O) groups is 1. The maximum atomic E-state index is 12.5. The van der Waals surface area contributed by atoms with Gasteiger partial charge in [0.1, 0.15) is 11.9 Å². The fraction of sp³-hybridized carbons (Fsp3) is 0.619. The Morgan fingerprint density at radius 3 is 2.59 bits per heavy atom. The minimum atomic E-state index is -4.38. The van der Waals surface area contributed by atoms with Gasteiger partial charge in [-0.15, -0.1) is 24.0 Å². The van der Waals surface area contributed by atoms with Crippen molar-refractivity contribution in [3.05, 3.63) is 29.8 Å². The minimum Gasteiger partial charge on any atom is -0.484 e. The molecule has 2 aliphatic heterocycles. The number of carbonyl (C=O) groups excluding carboxylic acids is 1. The number of benzene rings is 1. The smallest absolute Gasteiger partial charge is 0.422 e. The number of ether oxygens (including phenoxy) is 2. The first-order chi connectivity index (χ1) is 14.9. The third-order valence-electron chi connectivity index (χ3n) is 5.14. The molecule has 0 radical (unpaired) electrons. The molecule has 1 aromatic rings. The van der Waals surface area contributed by atoms with E-state index < -0.39 is 12.8 Å². The van der Waals surface area contributed by atoms with Crippen LogP contribution >= 0.6 is 24.0 Å². The molecule has 1 unspecified atom stereocenters. The molecule has 0 spiro atoms. The van der Waals surface area contributed by atoms with Crippen molar-refractivity contribution in [1.29, 1.82) is 0 Å². The third-order valence-corrected chi connectivity index (χ3v) is 5.14. The van der Waals surface area contributed by atoms with Crippen molar-refractivity contribution in [3.63, 3.8) is 0 Å². The number of halogens is 4. The summed E-state index contributed by atoms with van der Waals surface area (Å²) in [6.07, 6.45) is -2.97. The fourth-order valence-electron chi connectivity index (χ4n) is 3.61. The van der Waals surface area contributed by atoms with Crippen LogP contribution in [0.5, 0.6) is 5.75 Å². The van der Waals surface area contributed by atoms with E-state index in [0.29, 0.717) is 51.8 Å². The fourth-order valence-corrected chi connectivity index (χ4v) is 3.61. The maximum absolute atomic E-state index is 12.5. The average molecular weight is 570 g/mol.